The van der Waals surface area contributed by atoms with Crippen LogP contribution in [0.25, 0.3) is 0 Å². The summed E-state index contributed by atoms with van der Waals surface area (Å²) >= 11 is 0. The van der Waals surface area contributed by atoms with Crippen molar-refractivity contribution in [2.24, 2.45) is 0 Å². The molecular weight excluding hydrogens is 242 g/mol. The molecule has 1 nitrogen and oxygen atoms in total. The Labute approximate surface area is 122 Å². The lowest BCUT2D eigenvalue weighted by molar-refractivity contribution is 0.248. The number of nitrogens with zero attached hydrogens (tertiary/aromatic N) is 1. The average molecular weight is 265 g/mol. The van der Waals surface area contributed by atoms with E-state index in [9.17, 15) is 0 Å². The fourth-order valence-electron chi connectivity index (χ4n) is 3.20. The Balaban J connectivity index is 1.77. The monoisotopic (exact) mass is 265 g/mol. The van der Waals surface area contributed by atoms with E-state index in [2.05, 4.69) is 67.3 Å². The van der Waals surface area contributed by atoms with Gasteiger partial charge in [-0.15, -0.1) is 0 Å². The molecule has 0 N–H and O–H groups in total. The van der Waals surface area contributed by atoms with Crippen molar-refractivity contribution >= 4 is 0 Å². The molecule has 20 heavy (non-hydrogen) atoms. The van der Waals surface area contributed by atoms with Crippen molar-refractivity contribution in [2.45, 2.75) is 39.3 Å². The van der Waals surface area contributed by atoms with Crippen LogP contribution in [0.15, 0.2) is 48.5 Å². The van der Waals surface area contributed by atoms with Crippen molar-refractivity contribution in [1.82, 2.24) is 4.90 Å². The largest absolute Gasteiger partial charge is 0.292 e. The maximum absolute atomic E-state index is 2.62. The van der Waals surface area contributed by atoms with Crippen LogP contribution >= 0.6 is 0 Å². The highest BCUT2D eigenvalue weighted by Gasteiger charge is 2.25. The third kappa shape index (κ3) is 2.94. The molecule has 2 aromatic carbocycles. The van der Waals surface area contributed by atoms with Gasteiger partial charge in [-0.05, 0) is 44.4 Å². The van der Waals surface area contributed by atoms with E-state index in [-0.39, 0.29) is 0 Å². The topological polar surface area (TPSA) is 3.24 Å². The zero-order chi connectivity index (χ0) is 13.9. The summed E-state index contributed by atoms with van der Waals surface area (Å²) in [5.41, 5.74) is 5.61. The molecule has 0 saturated carbocycles. The second-order valence-corrected chi connectivity index (χ2v) is 6.03. The standard InChI is InChI=1S/C19H23N/c1-15-8-10-17(11-9-15)14-20-12-4-7-19(20)18-6-3-5-16(2)13-18/h3,5-6,8-11,13,19H,4,7,12,14H2,1-2H3. The molecule has 0 bridgehead atoms. The number of likely N-dealkylation sites (tertiary alicyclic amines) is 1. The first-order valence-electron chi connectivity index (χ1n) is 7.58. The summed E-state index contributed by atoms with van der Waals surface area (Å²) in [4.78, 5) is 2.62. The van der Waals surface area contributed by atoms with Crippen LogP contribution in [-0.4, -0.2) is 11.4 Å². The van der Waals surface area contributed by atoms with Crippen LogP contribution in [0.1, 0.15) is 41.1 Å². The number of benzene rings is 2. The molecule has 0 aliphatic carbocycles. The summed E-state index contributed by atoms with van der Waals surface area (Å²) in [6.07, 6.45) is 2.60. The zero-order valence-electron chi connectivity index (χ0n) is 12.5. The van der Waals surface area contributed by atoms with E-state index < -0.39 is 0 Å². The SMILES string of the molecule is Cc1ccc(CN2CCCC2c2cccc(C)c2)cc1. The Morgan fingerprint density at radius 1 is 1.00 bits per heavy atom. The van der Waals surface area contributed by atoms with Crippen LogP contribution < -0.4 is 0 Å². The molecule has 0 spiro atoms. The van der Waals surface area contributed by atoms with Crippen molar-refractivity contribution in [2.75, 3.05) is 6.54 Å². The fraction of sp³-hybridized carbons (Fsp3) is 0.368. The van der Waals surface area contributed by atoms with E-state index >= 15 is 0 Å². The van der Waals surface area contributed by atoms with Crippen LogP contribution in [-0.2, 0) is 6.54 Å². The lowest BCUT2D eigenvalue weighted by Gasteiger charge is -2.25. The summed E-state index contributed by atoms with van der Waals surface area (Å²) in [6, 6.07) is 18.6. The molecule has 3 rings (SSSR count). The van der Waals surface area contributed by atoms with Crippen molar-refractivity contribution in [3.8, 4) is 0 Å². The minimum atomic E-state index is 0.594. The molecule has 1 unspecified atom stereocenters. The molecule has 1 heterocycles. The molecule has 1 aliphatic rings. The van der Waals surface area contributed by atoms with Gasteiger partial charge in [0.1, 0.15) is 0 Å². The molecular formula is C19H23N. The third-order valence-electron chi connectivity index (χ3n) is 4.30. The molecule has 0 amide bonds. The van der Waals surface area contributed by atoms with Gasteiger partial charge < -0.3 is 0 Å². The first-order valence-corrected chi connectivity index (χ1v) is 7.58. The van der Waals surface area contributed by atoms with Gasteiger partial charge in [0.15, 0.2) is 0 Å². The van der Waals surface area contributed by atoms with Gasteiger partial charge >= 0.3 is 0 Å². The van der Waals surface area contributed by atoms with Gasteiger partial charge in [-0.25, -0.2) is 0 Å². The number of hydrogen-bond donors (Lipinski definition) is 0. The van der Waals surface area contributed by atoms with Gasteiger partial charge in [-0.3, -0.25) is 4.90 Å². The molecule has 1 aliphatic heterocycles. The Bertz CT molecular complexity index is 571. The smallest absolute Gasteiger partial charge is 0.0352 e. The lowest BCUT2D eigenvalue weighted by atomic mass is 10.0. The van der Waals surface area contributed by atoms with E-state index in [1.807, 2.05) is 0 Å². The predicted octanol–water partition coefficient (Wildman–Crippen LogP) is 4.64. The van der Waals surface area contributed by atoms with E-state index in [4.69, 9.17) is 0 Å². The van der Waals surface area contributed by atoms with Gasteiger partial charge in [-0.2, -0.15) is 0 Å². The van der Waals surface area contributed by atoms with Crippen LogP contribution in [0.4, 0.5) is 0 Å². The highest BCUT2D eigenvalue weighted by molar-refractivity contribution is 5.27. The fourth-order valence-corrected chi connectivity index (χ4v) is 3.20. The van der Waals surface area contributed by atoms with Crippen LogP contribution in [0.2, 0.25) is 0 Å². The Morgan fingerprint density at radius 2 is 1.80 bits per heavy atom. The summed E-state index contributed by atoms with van der Waals surface area (Å²) in [7, 11) is 0. The molecule has 1 atom stereocenters. The van der Waals surface area contributed by atoms with E-state index in [1.54, 1.807) is 0 Å². The highest BCUT2D eigenvalue weighted by atomic mass is 15.2. The van der Waals surface area contributed by atoms with Gasteiger partial charge in [0.2, 0.25) is 0 Å². The maximum atomic E-state index is 2.62. The molecule has 2 aromatic rings. The zero-order valence-corrected chi connectivity index (χ0v) is 12.5. The normalized spacial score (nSPS) is 19.4. The van der Waals surface area contributed by atoms with Crippen molar-refractivity contribution in [3.05, 3.63) is 70.8 Å². The van der Waals surface area contributed by atoms with Crippen molar-refractivity contribution < 1.29 is 0 Å². The maximum Gasteiger partial charge on any atom is 0.0352 e. The van der Waals surface area contributed by atoms with Crippen molar-refractivity contribution in [1.29, 1.82) is 0 Å². The second kappa shape index (κ2) is 5.80. The molecule has 1 heteroatoms. The average Bonchev–Trinajstić information content (AvgIpc) is 2.89. The molecule has 0 aromatic heterocycles. The third-order valence-corrected chi connectivity index (χ3v) is 4.30. The highest BCUT2D eigenvalue weighted by Crippen LogP contribution is 2.33. The number of hydrogen-bond acceptors (Lipinski definition) is 1. The van der Waals surface area contributed by atoms with Gasteiger partial charge in [0, 0.05) is 12.6 Å². The molecule has 1 fully saturated rings. The number of rotatable bonds is 3. The minimum absolute atomic E-state index is 0.594. The van der Waals surface area contributed by atoms with E-state index in [0.29, 0.717) is 6.04 Å². The van der Waals surface area contributed by atoms with Crippen LogP contribution in [0.5, 0.6) is 0 Å². The van der Waals surface area contributed by atoms with E-state index in [1.165, 1.54) is 41.6 Å². The van der Waals surface area contributed by atoms with Crippen LogP contribution in [0.3, 0.4) is 0 Å². The van der Waals surface area contributed by atoms with Gasteiger partial charge in [0.05, 0.1) is 0 Å². The first kappa shape index (κ1) is 13.4. The van der Waals surface area contributed by atoms with E-state index in [0.717, 1.165) is 6.54 Å². The lowest BCUT2D eigenvalue weighted by Crippen LogP contribution is -2.22. The van der Waals surface area contributed by atoms with Crippen LogP contribution in [0, 0.1) is 13.8 Å². The summed E-state index contributed by atoms with van der Waals surface area (Å²) in [5.74, 6) is 0. The molecule has 104 valence electrons. The van der Waals surface area contributed by atoms with Crippen molar-refractivity contribution in [3.63, 3.8) is 0 Å². The Morgan fingerprint density at radius 3 is 2.55 bits per heavy atom. The summed E-state index contributed by atoms with van der Waals surface area (Å²) in [5, 5.41) is 0. The second-order valence-electron chi connectivity index (χ2n) is 6.03. The van der Waals surface area contributed by atoms with Gasteiger partial charge in [0.25, 0.3) is 0 Å². The summed E-state index contributed by atoms with van der Waals surface area (Å²) in [6.45, 7) is 6.61. The summed E-state index contributed by atoms with van der Waals surface area (Å²) < 4.78 is 0. The molecule has 1 saturated heterocycles. The minimum Gasteiger partial charge on any atom is -0.292 e. The Kier molecular flexibility index (Phi) is 3.88. The van der Waals surface area contributed by atoms with Gasteiger partial charge in [-0.1, -0.05) is 59.7 Å². The predicted molar refractivity (Wildman–Crippen MR) is 84.7 cm³/mol. The first-order chi connectivity index (χ1) is 9.72. The Hall–Kier alpha value is -1.60. The number of aryl methyl sites for hydroxylation is 2. The molecule has 0 radical (unpaired) electrons. The quantitative estimate of drug-likeness (QED) is 0.781.